The molecule has 1 saturated heterocycles. The fraction of sp³-hybridized carbons (Fsp3) is 0.562. The van der Waals surface area contributed by atoms with Crippen LogP contribution in [-0.4, -0.2) is 23.6 Å². The molecular formula is C16H24N2O2. The maximum atomic E-state index is 11.8. The number of amides is 1. The molecule has 1 aromatic rings. The van der Waals surface area contributed by atoms with Gasteiger partial charge in [0.2, 0.25) is 5.91 Å². The van der Waals surface area contributed by atoms with Crippen molar-refractivity contribution < 1.29 is 9.90 Å². The van der Waals surface area contributed by atoms with Crippen molar-refractivity contribution in [2.24, 2.45) is 0 Å². The van der Waals surface area contributed by atoms with Gasteiger partial charge in [0.1, 0.15) is 0 Å². The average molecular weight is 276 g/mol. The summed E-state index contributed by atoms with van der Waals surface area (Å²) in [7, 11) is 0. The average Bonchev–Trinajstić information content (AvgIpc) is 2.52. The monoisotopic (exact) mass is 276 g/mol. The van der Waals surface area contributed by atoms with E-state index in [0.717, 1.165) is 24.1 Å². The number of nitrogens with one attached hydrogen (secondary N) is 2. The molecule has 20 heavy (non-hydrogen) atoms. The van der Waals surface area contributed by atoms with Crippen LogP contribution in [0.15, 0.2) is 24.3 Å². The van der Waals surface area contributed by atoms with Crippen LogP contribution in [0, 0.1) is 0 Å². The summed E-state index contributed by atoms with van der Waals surface area (Å²) >= 11 is 0. The van der Waals surface area contributed by atoms with Crippen molar-refractivity contribution in [1.29, 1.82) is 0 Å². The first kappa shape index (κ1) is 15.0. The molecule has 1 unspecified atom stereocenters. The smallest absolute Gasteiger partial charge is 0.220 e. The van der Waals surface area contributed by atoms with E-state index in [1.807, 2.05) is 24.3 Å². The van der Waals surface area contributed by atoms with Crippen LogP contribution in [0.1, 0.15) is 43.2 Å². The van der Waals surface area contributed by atoms with Gasteiger partial charge >= 0.3 is 0 Å². The molecule has 1 aromatic carbocycles. The molecule has 0 spiro atoms. The molecule has 4 heteroatoms. The molecule has 3 N–H and O–H groups in total. The number of aliphatic hydroxyl groups is 1. The predicted octanol–water partition coefficient (Wildman–Crippen LogP) is 1.72. The van der Waals surface area contributed by atoms with Gasteiger partial charge in [-0.3, -0.25) is 4.79 Å². The number of piperidine rings is 1. The molecule has 0 aromatic heterocycles. The first-order chi connectivity index (χ1) is 9.78. The van der Waals surface area contributed by atoms with Gasteiger partial charge in [-0.1, -0.05) is 30.7 Å². The van der Waals surface area contributed by atoms with Crippen LogP contribution in [0.5, 0.6) is 0 Å². The van der Waals surface area contributed by atoms with E-state index in [-0.39, 0.29) is 12.5 Å². The van der Waals surface area contributed by atoms with E-state index in [4.69, 9.17) is 5.11 Å². The second kappa shape index (κ2) is 8.02. The van der Waals surface area contributed by atoms with Crippen LogP contribution >= 0.6 is 0 Å². The molecule has 1 atom stereocenters. The standard InChI is InChI=1S/C16H24N2O2/c19-12-14-6-4-13(5-7-14)11-18-16(20)9-8-15-3-1-2-10-17-15/h4-7,15,17,19H,1-3,8-12H2,(H,18,20). The lowest BCUT2D eigenvalue weighted by Crippen LogP contribution is -2.35. The molecule has 1 aliphatic rings. The number of carbonyl (C=O) groups excluding carboxylic acids is 1. The van der Waals surface area contributed by atoms with Crippen molar-refractivity contribution in [1.82, 2.24) is 10.6 Å². The topological polar surface area (TPSA) is 61.4 Å². The Hall–Kier alpha value is -1.39. The third-order valence-electron chi connectivity index (χ3n) is 3.83. The van der Waals surface area contributed by atoms with E-state index < -0.39 is 0 Å². The minimum absolute atomic E-state index is 0.0566. The molecule has 110 valence electrons. The summed E-state index contributed by atoms with van der Waals surface area (Å²) in [5.74, 6) is 0.114. The summed E-state index contributed by atoms with van der Waals surface area (Å²) in [6.07, 6.45) is 5.24. The summed E-state index contributed by atoms with van der Waals surface area (Å²) in [5.41, 5.74) is 1.95. The molecule has 1 fully saturated rings. The van der Waals surface area contributed by atoms with Gasteiger partial charge in [0.15, 0.2) is 0 Å². The van der Waals surface area contributed by atoms with Crippen LogP contribution < -0.4 is 10.6 Å². The molecule has 1 amide bonds. The largest absolute Gasteiger partial charge is 0.392 e. The minimum atomic E-state index is 0.0566. The number of hydrogen-bond acceptors (Lipinski definition) is 3. The highest BCUT2D eigenvalue weighted by Crippen LogP contribution is 2.11. The number of rotatable bonds is 6. The molecule has 1 heterocycles. The fourth-order valence-electron chi connectivity index (χ4n) is 2.53. The van der Waals surface area contributed by atoms with Crippen LogP contribution in [0.4, 0.5) is 0 Å². The second-order valence-electron chi connectivity index (χ2n) is 5.44. The lowest BCUT2D eigenvalue weighted by Gasteiger charge is -2.23. The first-order valence-electron chi connectivity index (χ1n) is 7.46. The van der Waals surface area contributed by atoms with Crippen LogP contribution in [0.25, 0.3) is 0 Å². The van der Waals surface area contributed by atoms with Crippen molar-refractivity contribution >= 4 is 5.91 Å². The van der Waals surface area contributed by atoms with Gasteiger partial charge in [-0.25, -0.2) is 0 Å². The van der Waals surface area contributed by atoms with E-state index in [1.165, 1.54) is 19.3 Å². The zero-order chi connectivity index (χ0) is 14.2. The highest BCUT2D eigenvalue weighted by molar-refractivity contribution is 5.75. The van der Waals surface area contributed by atoms with Gasteiger partial charge in [-0.05, 0) is 36.9 Å². The van der Waals surface area contributed by atoms with E-state index in [9.17, 15) is 4.79 Å². The Kier molecular flexibility index (Phi) is 6.02. The Morgan fingerprint density at radius 3 is 2.65 bits per heavy atom. The lowest BCUT2D eigenvalue weighted by molar-refractivity contribution is -0.121. The number of benzene rings is 1. The van der Waals surface area contributed by atoms with Gasteiger partial charge in [0.25, 0.3) is 0 Å². The molecule has 0 radical (unpaired) electrons. The van der Waals surface area contributed by atoms with E-state index in [1.54, 1.807) is 0 Å². The summed E-state index contributed by atoms with van der Waals surface area (Å²) in [5, 5.41) is 15.4. The molecule has 0 bridgehead atoms. The summed E-state index contributed by atoms with van der Waals surface area (Å²) in [6.45, 7) is 1.70. The number of aliphatic hydroxyl groups excluding tert-OH is 1. The van der Waals surface area contributed by atoms with E-state index in [2.05, 4.69) is 10.6 Å². The zero-order valence-electron chi connectivity index (χ0n) is 11.9. The van der Waals surface area contributed by atoms with Crippen LogP contribution in [-0.2, 0) is 17.9 Å². The maximum absolute atomic E-state index is 11.8. The SMILES string of the molecule is O=C(CCC1CCCCN1)NCc1ccc(CO)cc1. The van der Waals surface area contributed by atoms with E-state index >= 15 is 0 Å². The lowest BCUT2D eigenvalue weighted by atomic mass is 10.0. The van der Waals surface area contributed by atoms with Gasteiger partial charge in [0.05, 0.1) is 6.61 Å². The fourth-order valence-corrected chi connectivity index (χ4v) is 2.53. The van der Waals surface area contributed by atoms with E-state index in [0.29, 0.717) is 19.0 Å². The first-order valence-corrected chi connectivity index (χ1v) is 7.46. The normalized spacial score (nSPS) is 18.8. The Morgan fingerprint density at radius 2 is 2.00 bits per heavy atom. The minimum Gasteiger partial charge on any atom is -0.392 e. The molecule has 0 aliphatic carbocycles. The third-order valence-corrected chi connectivity index (χ3v) is 3.83. The zero-order valence-corrected chi connectivity index (χ0v) is 11.9. The third kappa shape index (κ3) is 4.94. The van der Waals surface area contributed by atoms with Crippen molar-refractivity contribution in [2.45, 2.75) is 51.3 Å². The van der Waals surface area contributed by atoms with Crippen molar-refractivity contribution in [2.75, 3.05) is 6.54 Å². The van der Waals surface area contributed by atoms with Crippen molar-refractivity contribution in [3.8, 4) is 0 Å². The van der Waals surface area contributed by atoms with Crippen LogP contribution in [0.2, 0.25) is 0 Å². The van der Waals surface area contributed by atoms with Gasteiger partial charge in [-0.2, -0.15) is 0 Å². The molecule has 2 rings (SSSR count). The maximum Gasteiger partial charge on any atom is 0.220 e. The number of carbonyl (C=O) groups is 1. The molecular weight excluding hydrogens is 252 g/mol. The molecule has 1 aliphatic heterocycles. The quantitative estimate of drug-likeness (QED) is 0.741. The summed E-state index contributed by atoms with van der Waals surface area (Å²) in [6, 6.07) is 8.16. The van der Waals surface area contributed by atoms with Gasteiger partial charge < -0.3 is 15.7 Å². The Labute approximate surface area is 120 Å². The number of hydrogen-bond donors (Lipinski definition) is 3. The molecule has 0 saturated carbocycles. The molecule has 4 nitrogen and oxygen atoms in total. The van der Waals surface area contributed by atoms with Crippen molar-refractivity contribution in [3.05, 3.63) is 35.4 Å². The van der Waals surface area contributed by atoms with Crippen molar-refractivity contribution in [3.63, 3.8) is 0 Å². The Morgan fingerprint density at radius 1 is 1.25 bits per heavy atom. The van der Waals surface area contributed by atoms with Gasteiger partial charge in [-0.15, -0.1) is 0 Å². The second-order valence-corrected chi connectivity index (χ2v) is 5.44. The summed E-state index contributed by atoms with van der Waals surface area (Å²) < 4.78 is 0. The highest BCUT2D eigenvalue weighted by Gasteiger charge is 2.13. The Balaban J connectivity index is 1.66. The highest BCUT2D eigenvalue weighted by atomic mass is 16.3. The van der Waals surface area contributed by atoms with Gasteiger partial charge in [0, 0.05) is 19.0 Å². The summed E-state index contributed by atoms with van der Waals surface area (Å²) in [4.78, 5) is 11.8. The van der Waals surface area contributed by atoms with Crippen LogP contribution in [0.3, 0.4) is 0 Å². The predicted molar refractivity (Wildman–Crippen MR) is 79.1 cm³/mol. The Bertz CT molecular complexity index is 411.